The summed E-state index contributed by atoms with van der Waals surface area (Å²) in [7, 11) is 0. The lowest BCUT2D eigenvalue weighted by Gasteiger charge is -2.14. The lowest BCUT2D eigenvalue weighted by molar-refractivity contribution is -0.137. The van der Waals surface area contributed by atoms with Crippen LogP contribution in [0.2, 0.25) is 0 Å². The molecule has 0 aliphatic heterocycles. The number of halogens is 5. The van der Waals surface area contributed by atoms with E-state index in [0.717, 1.165) is 0 Å². The van der Waals surface area contributed by atoms with Gasteiger partial charge in [0.05, 0.1) is 11.1 Å². The van der Waals surface area contributed by atoms with Crippen molar-refractivity contribution in [2.24, 2.45) is 0 Å². The minimum absolute atomic E-state index is 0.296. The van der Waals surface area contributed by atoms with Crippen LogP contribution in [0.25, 0.3) is 0 Å². The number of hydrogen-bond acceptors (Lipinski definition) is 1. The molecule has 1 unspecified atom stereocenters. The van der Waals surface area contributed by atoms with Crippen molar-refractivity contribution in [2.75, 3.05) is 5.88 Å². The van der Waals surface area contributed by atoms with Crippen molar-refractivity contribution < 1.29 is 22.4 Å². The molecule has 1 aromatic rings. The Balaban J connectivity index is 2.87. The molecule has 7 heteroatoms. The minimum atomic E-state index is -4.62. The van der Waals surface area contributed by atoms with Gasteiger partial charge in [-0.1, -0.05) is 0 Å². The fourth-order valence-corrected chi connectivity index (χ4v) is 1.79. The van der Waals surface area contributed by atoms with Gasteiger partial charge >= 0.3 is 6.18 Å². The zero-order valence-corrected chi connectivity index (χ0v) is 11.5. The molecule has 0 aliphatic carbocycles. The molecule has 20 heavy (non-hydrogen) atoms. The van der Waals surface area contributed by atoms with Crippen LogP contribution in [0.3, 0.4) is 0 Å². The van der Waals surface area contributed by atoms with Crippen LogP contribution in [-0.2, 0) is 6.18 Å². The molecule has 0 saturated carbocycles. The van der Waals surface area contributed by atoms with Crippen LogP contribution >= 0.6 is 11.6 Å². The van der Waals surface area contributed by atoms with E-state index in [9.17, 15) is 22.4 Å². The second kappa shape index (κ2) is 6.92. The van der Waals surface area contributed by atoms with E-state index in [1.807, 2.05) is 0 Å². The molecular weight excluding hydrogens is 298 g/mol. The predicted octanol–water partition coefficient (Wildman–Crippen LogP) is 3.98. The summed E-state index contributed by atoms with van der Waals surface area (Å²) in [5, 5.41) is 2.45. The fraction of sp³-hybridized carbons (Fsp3) is 0.462. The van der Waals surface area contributed by atoms with Gasteiger partial charge in [-0.05, 0) is 38.0 Å². The first kappa shape index (κ1) is 16.8. The van der Waals surface area contributed by atoms with Crippen LogP contribution in [0.15, 0.2) is 18.2 Å². The van der Waals surface area contributed by atoms with Gasteiger partial charge in [0.2, 0.25) is 0 Å². The predicted molar refractivity (Wildman–Crippen MR) is 68.3 cm³/mol. The first-order valence-corrected chi connectivity index (χ1v) is 6.52. The Bertz CT molecular complexity index is 476. The third-order valence-electron chi connectivity index (χ3n) is 2.69. The second-order valence-corrected chi connectivity index (χ2v) is 4.78. The Labute approximate surface area is 119 Å². The second-order valence-electron chi connectivity index (χ2n) is 4.40. The largest absolute Gasteiger partial charge is 0.416 e. The highest BCUT2D eigenvalue weighted by Gasteiger charge is 2.32. The van der Waals surface area contributed by atoms with E-state index in [0.29, 0.717) is 36.9 Å². The first-order valence-electron chi connectivity index (χ1n) is 5.99. The van der Waals surface area contributed by atoms with Crippen molar-refractivity contribution in [3.05, 3.63) is 35.1 Å². The summed E-state index contributed by atoms with van der Waals surface area (Å²) in [6.45, 7) is 1.68. The van der Waals surface area contributed by atoms with Gasteiger partial charge in [0, 0.05) is 11.9 Å². The van der Waals surface area contributed by atoms with Crippen molar-refractivity contribution in [1.29, 1.82) is 0 Å². The number of hydrogen-bond donors (Lipinski definition) is 1. The fourth-order valence-electron chi connectivity index (χ4n) is 1.63. The van der Waals surface area contributed by atoms with Crippen molar-refractivity contribution in [1.82, 2.24) is 5.32 Å². The van der Waals surface area contributed by atoms with E-state index >= 15 is 0 Å². The molecule has 0 fully saturated rings. The van der Waals surface area contributed by atoms with E-state index in [4.69, 9.17) is 11.6 Å². The Kier molecular flexibility index (Phi) is 5.80. The van der Waals surface area contributed by atoms with E-state index < -0.39 is 29.0 Å². The number of carbonyl (C=O) groups is 1. The summed E-state index contributed by atoms with van der Waals surface area (Å²) >= 11 is 5.50. The third kappa shape index (κ3) is 4.67. The number of carbonyl (C=O) groups excluding carboxylic acids is 1. The Morgan fingerprint density at radius 1 is 1.40 bits per heavy atom. The number of amides is 1. The zero-order chi connectivity index (χ0) is 15.3. The Morgan fingerprint density at radius 2 is 2.05 bits per heavy atom. The maximum absolute atomic E-state index is 13.5. The van der Waals surface area contributed by atoms with E-state index in [-0.39, 0.29) is 6.04 Å². The van der Waals surface area contributed by atoms with Gasteiger partial charge in [0.15, 0.2) is 0 Å². The summed E-state index contributed by atoms with van der Waals surface area (Å²) < 4.78 is 51.0. The average Bonchev–Trinajstić information content (AvgIpc) is 2.35. The van der Waals surface area contributed by atoms with Gasteiger partial charge < -0.3 is 5.32 Å². The molecule has 1 aromatic carbocycles. The lowest BCUT2D eigenvalue weighted by atomic mass is 10.1. The molecule has 1 amide bonds. The van der Waals surface area contributed by atoms with Crippen LogP contribution in [-0.4, -0.2) is 17.8 Å². The molecule has 1 N–H and O–H groups in total. The molecular formula is C13H14ClF4NO. The zero-order valence-electron chi connectivity index (χ0n) is 10.7. The van der Waals surface area contributed by atoms with E-state index in [1.54, 1.807) is 6.92 Å². The summed E-state index contributed by atoms with van der Waals surface area (Å²) in [6, 6.07) is 1.46. The molecule has 2 nitrogen and oxygen atoms in total. The topological polar surface area (TPSA) is 29.1 Å². The molecule has 112 valence electrons. The highest BCUT2D eigenvalue weighted by Crippen LogP contribution is 2.30. The van der Waals surface area contributed by atoms with E-state index in [1.165, 1.54) is 0 Å². The molecule has 1 rings (SSSR count). The van der Waals surface area contributed by atoms with E-state index in [2.05, 4.69) is 5.32 Å². The van der Waals surface area contributed by atoms with Gasteiger partial charge in [-0.2, -0.15) is 13.2 Å². The molecule has 0 saturated heterocycles. The molecule has 0 aromatic heterocycles. The maximum Gasteiger partial charge on any atom is 0.416 e. The number of benzene rings is 1. The minimum Gasteiger partial charge on any atom is -0.349 e. The molecule has 0 heterocycles. The maximum atomic E-state index is 13.5. The number of rotatable bonds is 5. The smallest absolute Gasteiger partial charge is 0.349 e. The number of alkyl halides is 4. The standard InChI is InChI=1S/C13H14ClF4NO/c1-8(3-2-6-14)19-12(20)10-7-9(13(16,17)18)4-5-11(10)15/h4-5,7-8H,2-3,6H2,1H3,(H,19,20). The summed E-state index contributed by atoms with van der Waals surface area (Å²) in [5.41, 5.74) is -1.67. The van der Waals surface area contributed by atoms with Gasteiger partial charge in [-0.25, -0.2) is 4.39 Å². The summed E-state index contributed by atoms with van der Waals surface area (Å²) in [5.74, 6) is -1.44. The van der Waals surface area contributed by atoms with Crippen molar-refractivity contribution in [3.8, 4) is 0 Å². The first-order chi connectivity index (χ1) is 9.25. The normalized spacial score (nSPS) is 13.1. The Morgan fingerprint density at radius 3 is 2.60 bits per heavy atom. The summed E-state index contributed by atoms with van der Waals surface area (Å²) in [6.07, 6.45) is -3.41. The SMILES string of the molecule is CC(CCCCl)NC(=O)c1cc(C(F)(F)F)ccc1F. The molecule has 0 spiro atoms. The average molecular weight is 312 g/mol. The quantitative estimate of drug-likeness (QED) is 0.647. The van der Waals surface area contributed by atoms with Crippen molar-refractivity contribution >= 4 is 17.5 Å². The van der Waals surface area contributed by atoms with Crippen LogP contribution in [0.4, 0.5) is 17.6 Å². The highest BCUT2D eigenvalue weighted by atomic mass is 35.5. The molecule has 0 bridgehead atoms. The van der Waals surface area contributed by atoms with Gasteiger partial charge in [0.25, 0.3) is 5.91 Å². The lowest BCUT2D eigenvalue weighted by Crippen LogP contribution is -2.33. The van der Waals surface area contributed by atoms with Crippen LogP contribution in [0, 0.1) is 5.82 Å². The van der Waals surface area contributed by atoms with Crippen molar-refractivity contribution in [2.45, 2.75) is 32.0 Å². The molecule has 1 atom stereocenters. The summed E-state index contributed by atoms with van der Waals surface area (Å²) in [4.78, 5) is 11.8. The van der Waals surface area contributed by atoms with Gasteiger partial charge in [-0.3, -0.25) is 4.79 Å². The molecule has 0 radical (unpaired) electrons. The number of nitrogens with one attached hydrogen (secondary N) is 1. The van der Waals surface area contributed by atoms with Gasteiger partial charge in [0.1, 0.15) is 5.82 Å². The monoisotopic (exact) mass is 311 g/mol. The van der Waals surface area contributed by atoms with Crippen LogP contribution < -0.4 is 5.32 Å². The van der Waals surface area contributed by atoms with Crippen molar-refractivity contribution in [3.63, 3.8) is 0 Å². The third-order valence-corrected chi connectivity index (χ3v) is 2.95. The Hall–Kier alpha value is -1.30. The highest BCUT2D eigenvalue weighted by molar-refractivity contribution is 6.17. The van der Waals surface area contributed by atoms with Crippen LogP contribution in [0.1, 0.15) is 35.7 Å². The van der Waals surface area contributed by atoms with Crippen LogP contribution in [0.5, 0.6) is 0 Å². The van der Waals surface area contributed by atoms with Gasteiger partial charge in [-0.15, -0.1) is 11.6 Å². The molecule has 0 aliphatic rings.